The van der Waals surface area contributed by atoms with E-state index in [0.717, 1.165) is 15.9 Å². The van der Waals surface area contributed by atoms with Crippen LogP contribution in [0.1, 0.15) is 38.1 Å². The SMILES string of the molecule is Cc1nc(NCCO)nc(NC2(O)CCC(C(C)(C)O)C2O)c1-c1nc2c(C)nccc2s1. The largest absolute Gasteiger partial charge is 0.395 e. The Hall–Kier alpha value is -2.44. The molecule has 3 aromatic rings. The quantitative estimate of drug-likeness (QED) is 0.279. The monoisotopic (exact) mass is 474 g/mol. The van der Waals surface area contributed by atoms with E-state index in [-0.39, 0.29) is 25.5 Å². The molecule has 6 N–H and O–H groups in total. The van der Waals surface area contributed by atoms with Crippen LogP contribution in [0, 0.1) is 19.8 Å². The molecule has 3 unspecified atom stereocenters. The highest BCUT2D eigenvalue weighted by molar-refractivity contribution is 7.21. The van der Waals surface area contributed by atoms with E-state index in [4.69, 9.17) is 4.98 Å². The minimum atomic E-state index is -1.69. The van der Waals surface area contributed by atoms with Gasteiger partial charge in [-0.15, -0.1) is 11.3 Å². The van der Waals surface area contributed by atoms with Crippen molar-refractivity contribution in [2.45, 2.75) is 58.0 Å². The Morgan fingerprint density at radius 2 is 1.97 bits per heavy atom. The van der Waals surface area contributed by atoms with Crippen molar-refractivity contribution in [2.24, 2.45) is 5.92 Å². The number of aryl methyl sites for hydroxylation is 2. The van der Waals surface area contributed by atoms with E-state index in [2.05, 4.69) is 25.6 Å². The summed E-state index contributed by atoms with van der Waals surface area (Å²) in [6.07, 6.45) is 1.19. The number of aromatic nitrogens is 4. The molecule has 3 heterocycles. The second-order valence-electron chi connectivity index (χ2n) is 9.06. The van der Waals surface area contributed by atoms with Crippen LogP contribution in [0.2, 0.25) is 0 Å². The summed E-state index contributed by atoms with van der Waals surface area (Å²) < 4.78 is 0.965. The van der Waals surface area contributed by atoms with Crippen LogP contribution in [0.25, 0.3) is 20.8 Å². The van der Waals surface area contributed by atoms with Gasteiger partial charge in [-0.3, -0.25) is 4.98 Å². The number of pyridine rings is 1. The number of rotatable bonds is 7. The Balaban J connectivity index is 1.80. The van der Waals surface area contributed by atoms with E-state index >= 15 is 0 Å². The Kier molecular flexibility index (Phi) is 6.27. The summed E-state index contributed by atoms with van der Waals surface area (Å²) in [6.45, 7) is 7.14. The molecule has 1 aliphatic rings. The lowest BCUT2D eigenvalue weighted by Gasteiger charge is -2.34. The molecule has 4 rings (SSSR count). The van der Waals surface area contributed by atoms with Crippen LogP contribution in [0.5, 0.6) is 0 Å². The lowest BCUT2D eigenvalue weighted by atomic mass is 9.87. The van der Waals surface area contributed by atoms with Crippen molar-refractivity contribution in [1.29, 1.82) is 0 Å². The van der Waals surface area contributed by atoms with E-state index in [1.807, 2.05) is 19.9 Å². The molecule has 33 heavy (non-hydrogen) atoms. The molecule has 0 amide bonds. The fourth-order valence-corrected chi connectivity index (χ4v) is 5.46. The molecule has 3 atom stereocenters. The van der Waals surface area contributed by atoms with Crippen molar-refractivity contribution in [2.75, 3.05) is 23.8 Å². The van der Waals surface area contributed by atoms with Crippen molar-refractivity contribution < 1.29 is 20.4 Å². The molecular weight excluding hydrogens is 444 g/mol. The maximum atomic E-state index is 11.3. The number of fused-ring (bicyclic) bond motifs is 1. The van der Waals surface area contributed by atoms with Crippen LogP contribution in [0.3, 0.4) is 0 Å². The van der Waals surface area contributed by atoms with Gasteiger partial charge >= 0.3 is 0 Å². The highest BCUT2D eigenvalue weighted by Gasteiger charge is 2.52. The van der Waals surface area contributed by atoms with Crippen LogP contribution >= 0.6 is 11.3 Å². The highest BCUT2D eigenvalue weighted by Crippen LogP contribution is 2.43. The van der Waals surface area contributed by atoms with Gasteiger partial charge in [0.05, 0.1) is 33.9 Å². The van der Waals surface area contributed by atoms with Crippen molar-refractivity contribution in [1.82, 2.24) is 19.9 Å². The average Bonchev–Trinajstić information content (AvgIpc) is 3.28. The Labute approximate surface area is 195 Å². The van der Waals surface area contributed by atoms with E-state index in [1.165, 1.54) is 11.3 Å². The van der Waals surface area contributed by atoms with Crippen molar-refractivity contribution >= 4 is 33.3 Å². The summed E-state index contributed by atoms with van der Waals surface area (Å²) in [7, 11) is 0. The van der Waals surface area contributed by atoms with Crippen LogP contribution in [-0.2, 0) is 0 Å². The Morgan fingerprint density at radius 1 is 1.21 bits per heavy atom. The van der Waals surface area contributed by atoms with Crippen LogP contribution in [0.4, 0.5) is 11.8 Å². The number of aliphatic hydroxyl groups excluding tert-OH is 2. The lowest BCUT2D eigenvalue weighted by Crippen LogP contribution is -2.51. The van der Waals surface area contributed by atoms with Gasteiger partial charge in [-0.05, 0) is 46.6 Å². The maximum Gasteiger partial charge on any atom is 0.224 e. The highest BCUT2D eigenvalue weighted by atomic mass is 32.1. The second kappa shape index (κ2) is 8.73. The number of anilines is 2. The van der Waals surface area contributed by atoms with Gasteiger partial charge in [-0.25, -0.2) is 9.97 Å². The third-order valence-electron chi connectivity index (χ3n) is 6.14. The topological polar surface area (TPSA) is 157 Å². The van der Waals surface area contributed by atoms with Gasteiger partial charge in [0, 0.05) is 18.7 Å². The first kappa shape index (κ1) is 23.7. The van der Waals surface area contributed by atoms with Crippen molar-refractivity contribution in [3.63, 3.8) is 0 Å². The molecular formula is C22H30N6O4S. The van der Waals surface area contributed by atoms with E-state index < -0.39 is 23.3 Å². The predicted molar refractivity (Wildman–Crippen MR) is 127 cm³/mol. The normalized spacial score (nSPS) is 23.3. The zero-order chi connectivity index (χ0) is 24.0. The number of hydrogen-bond donors (Lipinski definition) is 6. The van der Waals surface area contributed by atoms with Crippen LogP contribution < -0.4 is 10.6 Å². The van der Waals surface area contributed by atoms with Gasteiger partial charge in [0.1, 0.15) is 22.4 Å². The summed E-state index contributed by atoms with van der Waals surface area (Å²) >= 11 is 1.46. The number of hydrogen-bond acceptors (Lipinski definition) is 11. The standard InChI is InChI=1S/C22H30N6O4S/c1-11-15(19-26-16-12(2)23-8-6-14(16)33-19)18(27-20(25-11)24-9-10-29)28-22(32)7-5-13(17(22)30)21(3,4)31/h6,8,13,17,29-32H,5,7,9-10H2,1-4H3,(H2,24,25,27,28). The summed E-state index contributed by atoms with van der Waals surface area (Å²) in [5, 5.41) is 48.5. The molecule has 1 saturated carbocycles. The van der Waals surface area contributed by atoms with Gasteiger partial charge in [0.15, 0.2) is 5.72 Å². The third-order valence-corrected chi connectivity index (χ3v) is 7.18. The predicted octanol–water partition coefficient (Wildman–Crippen LogP) is 1.81. The molecule has 3 aromatic heterocycles. The first-order chi connectivity index (χ1) is 15.5. The summed E-state index contributed by atoms with van der Waals surface area (Å²) in [6, 6.07) is 1.89. The zero-order valence-electron chi connectivity index (χ0n) is 19.1. The Morgan fingerprint density at radius 3 is 2.61 bits per heavy atom. The maximum absolute atomic E-state index is 11.3. The molecule has 0 radical (unpaired) electrons. The van der Waals surface area contributed by atoms with Crippen molar-refractivity contribution in [3.8, 4) is 10.6 Å². The molecule has 0 bridgehead atoms. The minimum Gasteiger partial charge on any atom is -0.395 e. The van der Waals surface area contributed by atoms with Gasteiger partial charge in [-0.1, -0.05) is 0 Å². The molecule has 10 nitrogen and oxygen atoms in total. The van der Waals surface area contributed by atoms with E-state index in [1.54, 1.807) is 20.0 Å². The number of thiazole rings is 1. The summed E-state index contributed by atoms with van der Waals surface area (Å²) in [5.41, 5.74) is -0.0243. The zero-order valence-corrected chi connectivity index (χ0v) is 19.9. The molecule has 0 aliphatic heterocycles. The molecule has 1 aliphatic carbocycles. The van der Waals surface area contributed by atoms with Gasteiger partial charge in [0.2, 0.25) is 5.95 Å². The van der Waals surface area contributed by atoms with Crippen LogP contribution in [-0.4, -0.2) is 70.9 Å². The number of aliphatic hydroxyl groups is 4. The summed E-state index contributed by atoms with van der Waals surface area (Å²) in [4.78, 5) is 18.1. The minimum absolute atomic E-state index is 0.0903. The number of nitrogens with one attached hydrogen (secondary N) is 2. The fourth-order valence-electron chi connectivity index (χ4n) is 4.35. The number of nitrogens with zero attached hydrogens (tertiary/aromatic N) is 4. The van der Waals surface area contributed by atoms with Crippen LogP contribution in [0.15, 0.2) is 12.3 Å². The average molecular weight is 475 g/mol. The smallest absolute Gasteiger partial charge is 0.224 e. The van der Waals surface area contributed by atoms with E-state index in [9.17, 15) is 20.4 Å². The molecule has 178 valence electrons. The second-order valence-corrected chi connectivity index (χ2v) is 10.1. The van der Waals surface area contributed by atoms with Gasteiger partial charge in [-0.2, -0.15) is 4.98 Å². The fraction of sp³-hybridized carbons (Fsp3) is 0.545. The molecule has 1 fully saturated rings. The Bertz CT molecular complexity index is 1160. The summed E-state index contributed by atoms with van der Waals surface area (Å²) in [5.74, 6) is 0.0805. The molecule has 0 aromatic carbocycles. The van der Waals surface area contributed by atoms with Gasteiger partial charge in [0.25, 0.3) is 0 Å². The first-order valence-electron chi connectivity index (χ1n) is 10.9. The molecule has 11 heteroatoms. The molecule has 0 spiro atoms. The first-order valence-corrected chi connectivity index (χ1v) is 11.7. The van der Waals surface area contributed by atoms with Crippen molar-refractivity contribution in [3.05, 3.63) is 23.7 Å². The third kappa shape index (κ3) is 4.51. The molecule has 0 saturated heterocycles. The van der Waals surface area contributed by atoms with E-state index in [0.29, 0.717) is 28.5 Å². The van der Waals surface area contributed by atoms with Gasteiger partial charge < -0.3 is 31.1 Å². The lowest BCUT2D eigenvalue weighted by molar-refractivity contribution is -0.0926.